The lowest BCUT2D eigenvalue weighted by molar-refractivity contribution is 0.455. The molecule has 0 spiro atoms. The van der Waals surface area contributed by atoms with Gasteiger partial charge in [0.1, 0.15) is 11.6 Å². The highest BCUT2D eigenvalue weighted by Crippen LogP contribution is 2.22. The number of aromatic nitrogens is 2. The van der Waals surface area contributed by atoms with Crippen LogP contribution in [0.3, 0.4) is 0 Å². The van der Waals surface area contributed by atoms with Gasteiger partial charge in [0.05, 0.1) is 6.07 Å². The molecule has 4 heteroatoms. The van der Waals surface area contributed by atoms with E-state index in [0.29, 0.717) is 23.4 Å². The topological polar surface area (TPSA) is 55.0 Å². The Hall–Kier alpha value is -2.10. The number of hydrogen-bond donors (Lipinski definition) is 1. The third kappa shape index (κ3) is 3.47. The van der Waals surface area contributed by atoms with E-state index in [0.717, 1.165) is 0 Å². The highest BCUT2D eigenvalue weighted by molar-refractivity contribution is 5.31. The number of benzene rings is 1. The molecule has 0 aliphatic heterocycles. The van der Waals surface area contributed by atoms with Crippen molar-refractivity contribution in [1.82, 2.24) is 9.97 Å². The van der Waals surface area contributed by atoms with Gasteiger partial charge < -0.3 is 9.72 Å². The minimum atomic E-state index is -0.197. The van der Waals surface area contributed by atoms with E-state index >= 15 is 0 Å². The van der Waals surface area contributed by atoms with Crippen LogP contribution in [-0.4, -0.2) is 9.97 Å². The molecule has 0 aliphatic rings. The second kappa shape index (κ2) is 5.90. The van der Waals surface area contributed by atoms with Crippen LogP contribution in [0.2, 0.25) is 0 Å². The Morgan fingerprint density at radius 1 is 1.05 bits per heavy atom. The number of nitrogens with zero attached hydrogens (tertiary/aromatic N) is 1. The molecule has 0 amide bonds. The van der Waals surface area contributed by atoms with Crippen LogP contribution < -0.4 is 10.3 Å². The molecule has 0 atom stereocenters. The SMILES string of the molecule is CC(C)c1ccc(Oc2cc(=O)[nH]c(C(C)C)n2)cc1. The monoisotopic (exact) mass is 272 g/mol. The van der Waals surface area contributed by atoms with Crippen LogP contribution in [-0.2, 0) is 0 Å². The van der Waals surface area contributed by atoms with E-state index in [-0.39, 0.29) is 11.5 Å². The van der Waals surface area contributed by atoms with E-state index in [1.165, 1.54) is 11.6 Å². The Morgan fingerprint density at radius 2 is 1.70 bits per heavy atom. The molecule has 0 bridgehead atoms. The number of ether oxygens (including phenoxy) is 1. The van der Waals surface area contributed by atoms with Crippen LogP contribution in [0.1, 0.15) is 50.9 Å². The van der Waals surface area contributed by atoms with Gasteiger partial charge in [0.2, 0.25) is 5.88 Å². The molecule has 0 aliphatic carbocycles. The van der Waals surface area contributed by atoms with Crippen molar-refractivity contribution >= 4 is 0 Å². The van der Waals surface area contributed by atoms with Gasteiger partial charge in [0.25, 0.3) is 5.56 Å². The first kappa shape index (κ1) is 14.3. The molecule has 0 fully saturated rings. The molecule has 1 aromatic heterocycles. The summed E-state index contributed by atoms with van der Waals surface area (Å²) in [7, 11) is 0. The van der Waals surface area contributed by atoms with Gasteiger partial charge in [-0.1, -0.05) is 39.8 Å². The lowest BCUT2D eigenvalue weighted by Gasteiger charge is -2.09. The highest BCUT2D eigenvalue weighted by atomic mass is 16.5. The van der Waals surface area contributed by atoms with E-state index in [1.54, 1.807) is 0 Å². The van der Waals surface area contributed by atoms with Crippen molar-refractivity contribution in [2.45, 2.75) is 39.5 Å². The van der Waals surface area contributed by atoms with Crippen LogP contribution in [0, 0.1) is 0 Å². The fourth-order valence-corrected chi connectivity index (χ4v) is 1.82. The molecular weight excluding hydrogens is 252 g/mol. The van der Waals surface area contributed by atoms with Crippen LogP contribution in [0.15, 0.2) is 35.1 Å². The first-order valence-corrected chi connectivity index (χ1v) is 6.85. The van der Waals surface area contributed by atoms with Crippen molar-refractivity contribution in [3.05, 3.63) is 52.1 Å². The molecule has 0 radical (unpaired) electrons. The predicted molar refractivity (Wildman–Crippen MR) is 79.6 cm³/mol. The predicted octanol–water partition coefficient (Wildman–Crippen LogP) is 3.81. The smallest absolute Gasteiger partial charge is 0.254 e. The molecule has 0 saturated carbocycles. The van der Waals surface area contributed by atoms with Crippen LogP contribution in [0.4, 0.5) is 0 Å². The first-order valence-electron chi connectivity index (χ1n) is 6.85. The summed E-state index contributed by atoms with van der Waals surface area (Å²) in [6, 6.07) is 9.20. The standard InChI is InChI=1S/C16H20N2O2/c1-10(2)12-5-7-13(8-6-12)20-15-9-14(19)17-16(18-15)11(3)4/h5-11H,1-4H3,(H,17,18,19). The zero-order valence-electron chi connectivity index (χ0n) is 12.3. The van der Waals surface area contributed by atoms with E-state index in [2.05, 4.69) is 23.8 Å². The third-order valence-electron chi connectivity index (χ3n) is 3.05. The van der Waals surface area contributed by atoms with Gasteiger partial charge in [0, 0.05) is 5.92 Å². The molecule has 2 rings (SSSR count). The van der Waals surface area contributed by atoms with Crippen LogP contribution in [0.5, 0.6) is 11.6 Å². The van der Waals surface area contributed by atoms with Gasteiger partial charge in [-0.25, -0.2) is 0 Å². The van der Waals surface area contributed by atoms with E-state index in [4.69, 9.17) is 4.74 Å². The Morgan fingerprint density at radius 3 is 2.25 bits per heavy atom. The number of hydrogen-bond acceptors (Lipinski definition) is 3. The molecule has 4 nitrogen and oxygen atoms in total. The van der Waals surface area contributed by atoms with Crippen molar-refractivity contribution in [2.75, 3.05) is 0 Å². The molecule has 0 unspecified atom stereocenters. The van der Waals surface area contributed by atoms with E-state index in [1.807, 2.05) is 38.1 Å². The van der Waals surface area contributed by atoms with Gasteiger partial charge >= 0.3 is 0 Å². The third-order valence-corrected chi connectivity index (χ3v) is 3.05. The van der Waals surface area contributed by atoms with Gasteiger partial charge in [-0.3, -0.25) is 4.79 Å². The van der Waals surface area contributed by atoms with Gasteiger partial charge in [-0.2, -0.15) is 4.98 Å². The maximum atomic E-state index is 11.6. The van der Waals surface area contributed by atoms with Gasteiger partial charge in [-0.05, 0) is 23.6 Å². The zero-order chi connectivity index (χ0) is 14.7. The maximum absolute atomic E-state index is 11.6. The molecule has 106 valence electrons. The van der Waals surface area contributed by atoms with E-state index < -0.39 is 0 Å². The summed E-state index contributed by atoms with van der Waals surface area (Å²) in [6.07, 6.45) is 0. The summed E-state index contributed by atoms with van der Waals surface area (Å²) in [5.41, 5.74) is 1.05. The maximum Gasteiger partial charge on any atom is 0.254 e. The second-order valence-electron chi connectivity index (χ2n) is 5.45. The van der Waals surface area contributed by atoms with Crippen molar-refractivity contribution in [3.63, 3.8) is 0 Å². The Labute approximate surface area is 118 Å². The van der Waals surface area contributed by atoms with Crippen molar-refractivity contribution in [2.24, 2.45) is 0 Å². The average Bonchev–Trinajstić information content (AvgIpc) is 2.38. The minimum Gasteiger partial charge on any atom is -0.439 e. The fourth-order valence-electron chi connectivity index (χ4n) is 1.82. The Balaban J connectivity index is 2.23. The molecule has 2 aromatic rings. The number of nitrogens with one attached hydrogen (secondary N) is 1. The number of rotatable bonds is 4. The normalized spacial score (nSPS) is 11.1. The molecule has 1 heterocycles. The summed E-state index contributed by atoms with van der Waals surface area (Å²) in [6.45, 7) is 8.23. The summed E-state index contributed by atoms with van der Waals surface area (Å²) < 4.78 is 5.65. The van der Waals surface area contributed by atoms with Crippen molar-refractivity contribution in [3.8, 4) is 11.6 Å². The van der Waals surface area contributed by atoms with E-state index in [9.17, 15) is 4.79 Å². The summed E-state index contributed by atoms with van der Waals surface area (Å²) in [5.74, 6) is 2.27. The lowest BCUT2D eigenvalue weighted by Crippen LogP contribution is -2.11. The van der Waals surface area contributed by atoms with Gasteiger partial charge in [-0.15, -0.1) is 0 Å². The average molecular weight is 272 g/mol. The minimum absolute atomic E-state index is 0.148. The molecule has 1 N–H and O–H groups in total. The Kier molecular flexibility index (Phi) is 4.23. The first-order chi connectivity index (χ1) is 9.45. The molecular formula is C16H20N2O2. The van der Waals surface area contributed by atoms with Crippen molar-refractivity contribution < 1.29 is 4.74 Å². The Bertz CT molecular complexity index is 628. The summed E-state index contributed by atoms with van der Waals surface area (Å²) >= 11 is 0. The number of aromatic amines is 1. The van der Waals surface area contributed by atoms with Gasteiger partial charge in [0.15, 0.2) is 0 Å². The highest BCUT2D eigenvalue weighted by Gasteiger charge is 2.07. The summed E-state index contributed by atoms with van der Waals surface area (Å²) in [4.78, 5) is 18.6. The van der Waals surface area contributed by atoms with Crippen molar-refractivity contribution in [1.29, 1.82) is 0 Å². The fraction of sp³-hybridized carbons (Fsp3) is 0.375. The molecule has 1 aromatic carbocycles. The quantitative estimate of drug-likeness (QED) is 0.920. The largest absolute Gasteiger partial charge is 0.439 e. The van der Waals surface area contributed by atoms with Crippen LogP contribution >= 0.6 is 0 Å². The second-order valence-corrected chi connectivity index (χ2v) is 5.45. The number of H-pyrrole nitrogens is 1. The summed E-state index contributed by atoms with van der Waals surface area (Å²) in [5, 5.41) is 0. The zero-order valence-corrected chi connectivity index (χ0v) is 12.3. The lowest BCUT2D eigenvalue weighted by atomic mass is 10.0. The molecule has 0 saturated heterocycles. The van der Waals surface area contributed by atoms with Crippen LogP contribution in [0.25, 0.3) is 0 Å². The molecule has 20 heavy (non-hydrogen) atoms.